The fraction of sp³-hybridized carbons (Fsp3) is 0.0741. The maximum Gasteiger partial charge on any atom is 0.339 e. The molecule has 6 nitrogen and oxygen atoms in total. The minimum absolute atomic E-state index is 0.0965. The maximum atomic E-state index is 13.0. The van der Waals surface area contributed by atoms with Gasteiger partial charge >= 0.3 is 10.1 Å². The highest BCUT2D eigenvalue weighted by Gasteiger charge is 2.22. The fourth-order valence-electron chi connectivity index (χ4n) is 3.76. The van der Waals surface area contributed by atoms with Crippen LogP contribution in [0.15, 0.2) is 107 Å². The first-order valence-corrected chi connectivity index (χ1v) is 13.2. The van der Waals surface area contributed by atoms with Crippen LogP contribution in [0.3, 0.4) is 0 Å². The zero-order chi connectivity index (χ0) is 24.4. The van der Waals surface area contributed by atoms with Crippen LogP contribution < -0.4 is 9.50 Å². The number of aromatic nitrogens is 2. The van der Waals surface area contributed by atoms with Gasteiger partial charge in [-0.15, -0.1) is 0 Å². The van der Waals surface area contributed by atoms with Gasteiger partial charge in [0, 0.05) is 22.8 Å². The van der Waals surface area contributed by atoms with Crippen LogP contribution in [0.4, 0.5) is 5.82 Å². The van der Waals surface area contributed by atoms with E-state index in [1.807, 2.05) is 72.1 Å². The molecule has 0 fully saturated rings. The van der Waals surface area contributed by atoms with Crippen molar-refractivity contribution in [3.05, 3.63) is 113 Å². The summed E-state index contributed by atoms with van der Waals surface area (Å²) in [6.45, 7) is 2.47. The highest BCUT2D eigenvalue weighted by molar-refractivity contribution is 9.10. The summed E-state index contributed by atoms with van der Waals surface area (Å²) in [7, 11) is -4.03. The molecule has 8 heteroatoms. The molecule has 0 saturated carbocycles. The first-order valence-electron chi connectivity index (χ1n) is 11.0. The van der Waals surface area contributed by atoms with Gasteiger partial charge in [0.15, 0.2) is 5.75 Å². The molecule has 0 radical (unpaired) electrons. The van der Waals surface area contributed by atoms with Crippen LogP contribution in [0.25, 0.3) is 16.9 Å². The summed E-state index contributed by atoms with van der Waals surface area (Å²) in [6.07, 6.45) is 1.92. The SMILES string of the molecule is Cc1ccc(S(=O)(=O)Oc2ccccc2-c2nc3ccc(Br)cn3c2NCc2ccccc2)cc1. The molecule has 0 bridgehead atoms. The number of hydrogen-bond acceptors (Lipinski definition) is 5. The van der Waals surface area contributed by atoms with E-state index in [0.29, 0.717) is 17.8 Å². The van der Waals surface area contributed by atoms with Crippen molar-refractivity contribution in [1.82, 2.24) is 9.38 Å². The second-order valence-electron chi connectivity index (χ2n) is 8.07. The van der Waals surface area contributed by atoms with Crippen LogP contribution in [0.2, 0.25) is 0 Å². The third-order valence-corrected chi connectivity index (χ3v) is 7.25. The van der Waals surface area contributed by atoms with E-state index in [1.165, 1.54) is 0 Å². The quantitative estimate of drug-likeness (QED) is 0.237. The summed E-state index contributed by atoms with van der Waals surface area (Å²) < 4.78 is 34.5. The number of benzene rings is 3. The van der Waals surface area contributed by atoms with E-state index in [9.17, 15) is 8.42 Å². The van der Waals surface area contributed by atoms with Crippen molar-refractivity contribution in [2.75, 3.05) is 5.32 Å². The number of anilines is 1. The smallest absolute Gasteiger partial charge is 0.339 e. The van der Waals surface area contributed by atoms with Crippen LogP contribution in [0.1, 0.15) is 11.1 Å². The Labute approximate surface area is 212 Å². The van der Waals surface area contributed by atoms with Gasteiger partial charge in [-0.05, 0) is 64.8 Å². The summed E-state index contributed by atoms with van der Waals surface area (Å²) in [5, 5.41) is 3.48. The largest absolute Gasteiger partial charge is 0.378 e. The number of pyridine rings is 1. The molecule has 5 rings (SSSR count). The molecule has 0 saturated heterocycles. The van der Waals surface area contributed by atoms with Crippen molar-refractivity contribution in [2.45, 2.75) is 18.4 Å². The van der Waals surface area contributed by atoms with E-state index in [-0.39, 0.29) is 10.6 Å². The molecule has 2 aromatic heterocycles. The Morgan fingerprint density at radius 1 is 0.914 bits per heavy atom. The molecule has 0 aliphatic carbocycles. The lowest BCUT2D eigenvalue weighted by atomic mass is 10.1. The Hall–Kier alpha value is -3.62. The first kappa shape index (κ1) is 23.1. The van der Waals surface area contributed by atoms with Gasteiger partial charge in [0.1, 0.15) is 22.1 Å². The van der Waals surface area contributed by atoms with Crippen molar-refractivity contribution >= 4 is 37.5 Å². The molecule has 3 aromatic carbocycles. The number of para-hydroxylation sites is 1. The van der Waals surface area contributed by atoms with E-state index in [4.69, 9.17) is 9.17 Å². The molecule has 2 heterocycles. The van der Waals surface area contributed by atoms with Crippen molar-refractivity contribution in [3.8, 4) is 17.0 Å². The number of halogens is 1. The highest BCUT2D eigenvalue weighted by atomic mass is 79.9. The lowest BCUT2D eigenvalue weighted by Gasteiger charge is -2.13. The lowest BCUT2D eigenvalue weighted by Crippen LogP contribution is -2.10. The van der Waals surface area contributed by atoms with Crippen molar-refractivity contribution in [2.24, 2.45) is 0 Å². The molecular weight excluding hydrogens is 526 g/mol. The zero-order valence-electron chi connectivity index (χ0n) is 18.9. The van der Waals surface area contributed by atoms with Gasteiger partial charge < -0.3 is 9.50 Å². The molecule has 0 amide bonds. The highest BCUT2D eigenvalue weighted by Crippen LogP contribution is 2.37. The minimum Gasteiger partial charge on any atom is -0.378 e. The summed E-state index contributed by atoms with van der Waals surface area (Å²) >= 11 is 3.53. The maximum absolute atomic E-state index is 13.0. The summed E-state index contributed by atoms with van der Waals surface area (Å²) in [4.78, 5) is 4.91. The third-order valence-electron chi connectivity index (χ3n) is 5.54. The normalized spacial score (nSPS) is 11.5. The number of aryl methyl sites for hydroxylation is 1. The van der Waals surface area contributed by atoms with Gasteiger partial charge in [0.2, 0.25) is 0 Å². The van der Waals surface area contributed by atoms with Crippen molar-refractivity contribution in [3.63, 3.8) is 0 Å². The van der Waals surface area contributed by atoms with Crippen molar-refractivity contribution in [1.29, 1.82) is 0 Å². The van der Waals surface area contributed by atoms with E-state index in [1.54, 1.807) is 36.4 Å². The monoisotopic (exact) mass is 547 g/mol. The number of nitrogens with one attached hydrogen (secondary N) is 1. The number of nitrogens with zero attached hydrogens (tertiary/aromatic N) is 2. The molecular formula is C27H22BrN3O3S. The second kappa shape index (κ2) is 9.56. The number of rotatable bonds is 7. The van der Waals surface area contributed by atoms with Gasteiger partial charge in [-0.3, -0.25) is 4.40 Å². The second-order valence-corrected chi connectivity index (χ2v) is 10.5. The summed E-state index contributed by atoms with van der Waals surface area (Å²) in [5.41, 5.74) is 3.95. The molecule has 0 atom stereocenters. The molecule has 5 aromatic rings. The first-order chi connectivity index (χ1) is 16.9. The fourth-order valence-corrected chi connectivity index (χ4v) is 5.05. The van der Waals surface area contributed by atoms with E-state index in [2.05, 4.69) is 21.2 Å². The van der Waals surface area contributed by atoms with Crippen LogP contribution in [0, 0.1) is 6.92 Å². The van der Waals surface area contributed by atoms with Gasteiger partial charge in [-0.2, -0.15) is 8.42 Å². The molecule has 1 N–H and O–H groups in total. The van der Waals surface area contributed by atoms with E-state index >= 15 is 0 Å². The lowest BCUT2D eigenvalue weighted by molar-refractivity contribution is 0.487. The standard InChI is InChI=1S/C27H22BrN3O3S/c1-19-11-14-22(15-12-19)35(32,33)34-24-10-6-5-9-23(24)26-27(29-17-20-7-3-2-4-8-20)31-18-21(28)13-16-25(31)30-26/h2-16,18,29H,17H2,1H3. The van der Waals surface area contributed by atoms with Crippen LogP contribution >= 0.6 is 15.9 Å². The average Bonchev–Trinajstić information content (AvgIpc) is 3.21. The summed E-state index contributed by atoms with van der Waals surface area (Å²) in [5.74, 6) is 0.937. The van der Waals surface area contributed by atoms with Crippen LogP contribution in [-0.4, -0.2) is 17.8 Å². The topological polar surface area (TPSA) is 72.7 Å². The van der Waals surface area contributed by atoms with Gasteiger partial charge in [-0.1, -0.05) is 60.2 Å². The molecule has 0 spiro atoms. The zero-order valence-corrected chi connectivity index (χ0v) is 21.3. The predicted octanol–water partition coefficient (Wildman–Crippen LogP) is 6.45. The van der Waals surface area contributed by atoms with Gasteiger partial charge in [0.05, 0.1) is 0 Å². The Bertz CT molecular complexity index is 1600. The molecule has 0 aliphatic heterocycles. The van der Waals surface area contributed by atoms with Crippen LogP contribution in [-0.2, 0) is 16.7 Å². The number of imidazole rings is 1. The Kier molecular flexibility index (Phi) is 6.32. The minimum atomic E-state index is -4.03. The summed E-state index contributed by atoms with van der Waals surface area (Å²) in [6, 6.07) is 27.4. The van der Waals surface area contributed by atoms with Gasteiger partial charge in [-0.25, -0.2) is 4.98 Å². The molecule has 0 unspecified atom stereocenters. The Balaban J connectivity index is 1.58. The van der Waals surface area contributed by atoms with Crippen LogP contribution in [0.5, 0.6) is 5.75 Å². The predicted molar refractivity (Wildman–Crippen MR) is 141 cm³/mol. The molecule has 35 heavy (non-hydrogen) atoms. The number of hydrogen-bond donors (Lipinski definition) is 1. The average molecular weight is 548 g/mol. The van der Waals surface area contributed by atoms with E-state index in [0.717, 1.165) is 27.1 Å². The van der Waals surface area contributed by atoms with E-state index < -0.39 is 10.1 Å². The Morgan fingerprint density at radius 3 is 2.40 bits per heavy atom. The third kappa shape index (κ3) is 4.94. The Morgan fingerprint density at radius 2 is 1.63 bits per heavy atom. The molecule has 0 aliphatic rings. The molecule has 176 valence electrons. The number of fused-ring (bicyclic) bond motifs is 1. The van der Waals surface area contributed by atoms with Gasteiger partial charge in [0.25, 0.3) is 0 Å². The van der Waals surface area contributed by atoms with Crippen molar-refractivity contribution < 1.29 is 12.6 Å².